The van der Waals surface area contributed by atoms with Gasteiger partial charge in [-0.15, -0.1) is 0 Å². The van der Waals surface area contributed by atoms with Crippen molar-refractivity contribution in [1.29, 1.82) is 0 Å². The molecule has 27 heavy (non-hydrogen) atoms. The van der Waals surface area contributed by atoms with Gasteiger partial charge in [-0.2, -0.15) is 0 Å². The molecule has 150 valence electrons. The number of hydrogen-bond acceptors (Lipinski definition) is 5. The number of ether oxygens (including phenoxy) is 1. The number of pyridine rings is 1. The van der Waals surface area contributed by atoms with Crippen LogP contribution in [-0.4, -0.2) is 77.3 Å². The zero-order valence-electron chi connectivity index (χ0n) is 16.6. The van der Waals surface area contributed by atoms with Crippen LogP contribution in [0.1, 0.15) is 43.2 Å². The van der Waals surface area contributed by atoms with Gasteiger partial charge in [-0.25, -0.2) is 0 Å². The van der Waals surface area contributed by atoms with E-state index in [4.69, 9.17) is 4.74 Å². The molecule has 0 aromatic carbocycles. The van der Waals surface area contributed by atoms with Gasteiger partial charge in [0.25, 0.3) is 5.91 Å². The molecular formula is C20H31N3O4. The molecule has 3 rings (SSSR count). The number of H-pyrrole nitrogens is 1. The molecule has 1 atom stereocenters. The van der Waals surface area contributed by atoms with Gasteiger partial charge in [0.05, 0.1) is 18.8 Å². The first-order valence-corrected chi connectivity index (χ1v) is 9.79. The zero-order chi connectivity index (χ0) is 19.7. The summed E-state index contributed by atoms with van der Waals surface area (Å²) in [7, 11) is 0. The van der Waals surface area contributed by atoms with E-state index in [0.29, 0.717) is 51.3 Å². The largest absolute Gasteiger partial charge is 0.388 e. The molecule has 1 aromatic rings. The Morgan fingerprint density at radius 3 is 2.59 bits per heavy atom. The Morgan fingerprint density at radius 1 is 1.26 bits per heavy atom. The van der Waals surface area contributed by atoms with Gasteiger partial charge in [0.15, 0.2) is 0 Å². The van der Waals surface area contributed by atoms with Crippen LogP contribution in [0.5, 0.6) is 0 Å². The lowest BCUT2D eigenvalue weighted by Crippen LogP contribution is -2.63. The standard InChI is InChI=1S/C20H31N3O4/c1-4-16-11-15(12-17(24)21-16)18(25)23-6-5-20(26,19(2,3)13-23)14-22-7-9-27-10-8-22/h11-12,26H,4-10,13-14H2,1-3H3,(H,21,24)/t20-/m0/s1. The van der Waals surface area contributed by atoms with Crippen LogP contribution >= 0.6 is 0 Å². The lowest BCUT2D eigenvalue weighted by Gasteiger charge is -2.52. The first-order valence-electron chi connectivity index (χ1n) is 9.79. The minimum Gasteiger partial charge on any atom is -0.388 e. The third-order valence-corrected chi connectivity index (χ3v) is 6.05. The number of carbonyl (C=O) groups excluding carboxylic acids is 1. The molecule has 2 fully saturated rings. The summed E-state index contributed by atoms with van der Waals surface area (Å²) in [5, 5.41) is 11.4. The van der Waals surface area contributed by atoms with E-state index >= 15 is 0 Å². The predicted octanol–water partition coefficient (Wildman–Crippen LogP) is 0.873. The SMILES string of the molecule is CCc1cc(C(=O)N2CC[C@](O)(CN3CCOCC3)C(C)(C)C2)cc(=O)[nH]1. The number of β-amino-alcohol motifs (C(OH)–C–C–N with tert-alkyl or cyclic N) is 1. The highest BCUT2D eigenvalue weighted by Gasteiger charge is 2.49. The molecule has 2 saturated heterocycles. The molecule has 3 heterocycles. The summed E-state index contributed by atoms with van der Waals surface area (Å²) in [5.74, 6) is -0.141. The Morgan fingerprint density at radius 2 is 1.96 bits per heavy atom. The number of nitrogens with one attached hydrogen (secondary N) is 1. The van der Waals surface area contributed by atoms with E-state index in [-0.39, 0.29) is 11.5 Å². The predicted molar refractivity (Wildman–Crippen MR) is 103 cm³/mol. The third kappa shape index (κ3) is 4.25. The van der Waals surface area contributed by atoms with E-state index in [9.17, 15) is 14.7 Å². The highest BCUT2D eigenvalue weighted by Crippen LogP contribution is 2.39. The van der Waals surface area contributed by atoms with Crippen molar-refractivity contribution < 1.29 is 14.6 Å². The summed E-state index contributed by atoms with van der Waals surface area (Å²) in [4.78, 5) is 31.6. The fourth-order valence-electron chi connectivity index (χ4n) is 4.05. The number of aliphatic hydroxyl groups is 1. The van der Waals surface area contributed by atoms with E-state index in [2.05, 4.69) is 9.88 Å². The van der Waals surface area contributed by atoms with Crippen LogP contribution in [0, 0.1) is 5.41 Å². The summed E-state index contributed by atoms with van der Waals surface area (Å²) in [5.41, 5.74) is -0.383. The number of morpholine rings is 1. The van der Waals surface area contributed by atoms with Gasteiger partial charge in [-0.3, -0.25) is 14.5 Å². The van der Waals surface area contributed by atoms with Crippen LogP contribution in [0.2, 0.25) is 0 Å². The molecular weight excluding hydrogens is 346 g/mol. The number of aromatic amines is 1. The Kier molecular flexibility index (Phi) is 5.74. The summed E-state index contributed by atoms with van der Waals surface area (Å²) in [6.07, 6.45) is 1.19. The van der Waals surface area contributed by atoms with Crippen molar-refractivity contribution in [3.05, 3.63) is 33.7 Å². The third-order valence-electron chi connectivity index (χ3n) is 6.05. The molecule has 2 aliphatic heterocycles. The van der Waals surface area contributed by atoms with Gasteiger partial charge in [0.1, 0.15) is 0 Å². The second-order valence-electron chi connectivity index (χ2n) is 8.39. The van der Waals surface area contributed by atoms with Crippen molar-refractivity contribution in [3.63, 3.8) is 0 Å². The van der Waals surface area contributed by atoms with E-state index in [0.717, 1.165) is 18.8 Å². The van der Waals surface area contributed by atoms with Gasteiger partial charge in [-0.1, -0.05) is 20.8 Å². The van der Waals surface area contributed by atoms with Crippen molar-refractivity contribution in [3.8, 4) is 0 Å². The number of aromatic nitrogens is 1. The number of piperidine rings is 1. The van der Waals surface area contributed by atoms with Crippen molar-refractivity contribution in [2.24, 2.45) is 5.41 Å². The van der Waals surface area contributed by atoms with Crippen molar-refractivity contribution in [1.82, 2.24) is 14.8 Å². The van der Waals surface area contributed by atoms with Crippen LogP contribution in [-0.2, 0) is 11.2 Å². The zero-order valence-corrected chi connectivity index (χ0v) is 16.6. The fraction of sp³-hybridized carbons (Fsp3) is 0.700. The fourth-order valence-corrected chi connectivity index (χ4v) is 4.05. The van der Waals surface area contributed by atoms with Crippen LogP contribution in [0.25, 0.3) is 0 Å². The quantitative estimate of drug-likeness (QED) is 0.813. The van der Waals surface area contributed by atoms with Crippen LogP contribution in [0.3, 0.4) is 0 Å². The number of amides is 1. The maximum absolute atomic E-state index is 13.0. The number of hydrogen-bond donors (Lipinski definition) is 2. The lowest BCUT2D eigenvalue weighted by atomic mass is 9.69. The highest BCUT2D eigenvalue weighted by atomic mass is 16.5. The Balaban J connectivity index is 1.73. The summed E-state index contributed by atoms with van der Waals surface area (Å²) < 4.78 is 5.40. The number of aryl methyl sites for hydroxylation is 1. The number of rotatable bonds is 4. The molecule has 2 aliphatic rings. The second-order valence-corrected chi connectivity index (χ2v) is 8.39. The minimum absolute atomic E-state index is 0.141. The molecule has 0 spiro atoms. The Hall–Kier alpha value is -1.70. The van der Waals surface area contributed by atoms with Gasteiger partial charge < -0.3 is 19.7 Å². The van der Waals surface area contributed by atoms with E-state index in [1.807, 2.05) is 20.8 Å². The van der Waals surface area contributed by atoms with Crippen LogP contribution < -0.4 is 5.56 Å². The van der Waals surface area contributed by atoms with E-state index in [1.54, 1.807) is 11.0 Å². The van der Waals surface area contributed by atoms with Gasteiger partial charge >= 0.3 is 0 Å². The van der Waals surface area contributed by atoms with Crippen LogP contribution in [0.15, 0.2) is 16.9 Å². The summed E-state index contributed by atoms with van der Waals surface area (Å²) in [6.45, 7) is 10.6. The first-order chi connectivity index (χ1) is 12.7. The van der Waals surface area contributed by atoms with Gasteiger partial charge in [-0.05, 0) is 18.9 Å². The molecule has 0 aliphatic carbocycles. The summed E-state index contributed by atoms with van der Waals surface area (Å²) in [6, 6.07) is 3.12. The molecule has 0 radical (unpaired) electrons. The molecule has 1 aromatic heterocycles. The number of nitrogens with zero attached hydrogens (tertiary/aromatic N) is 2. The summed E-state index contributed by atoms with van der Waals surface area (Å²) >= 11 is 0. The van der Waals surface area contributed by atoms with Crippen molar-refractivity contribution in [2.45, 2.75) is 39.2 Å². The topological polar surface area (TPSA) is 85.9 Å². The van der Waals surface area contributed by atoms with Gasteiger partial charge in [0, 0.05) is 55.5 Å². The molecule has 7 nitrogen and oxygen atoms in total. The minimum atomic E-state index is -0.857. The lowest BCUT2D eigenvalue weighted by molar-refractivity contribution is -0.133. The molecule has 0 saturated carbocycles. The Bertz CT molecular complexity index is 739. The highest BCUT2D eigenvalue weighted by molar-refractivity contribution is 5.94. The smallest absolute Gasteiger partial charge is 0.254 e. The molecule has 1 amide bonds. The molecule has 0 bridgehead atoms. The van der Waals surface area contributed by atoms with Crippen molar-refractivity contribution >= 4 is 5.91 Å². The van der Waals surface area contributed by atoms with Crippen LogP contribution in [0.4, 0.5) is 0 Å². The average Bonchev–Trinajstić information content (AvgIpc) is 2.63. The normalized spacial score (nSPS) is 26.1. The number of carbonyl (C=O) groups is 1. The van der Waals surface area contributed by atoms with Gasteiger partial charge in [0.2, 0.25) is 5.56 Å². The average molecular weight is 377 g/mol. The maximum atomic E-state index is 13.0. The maximum Gasteiger partial charge on any atom is 0.254 e. The van der Waals surface area contributed by atoms with E-state index in [1.165, 1.54) is 6.07 Å². The molecule has 2 N–H and O–H groups in total. The second kappa shape index (κ2) is 7.73. The molecule has 7 heteroatoms. The number of likely N-dealkylation sites (tertiary alicyclic amines) is 1. The van der Waals surface area contributed by atoms with E-state index < -0.39 is 11.0 Å². The molecule has 0 unspecified atom stereocenters. The monoisotopic (exact) mass is 377 g/mol. The van der Waals surface area contributed by atoms with Crippen molar-refractivity contribution in [2.75, 3.05) is 45.9 Å². The Labute approximate surface area is 160 Å². The first kappa shape index (κ1) is 20.0.